The van der Waals surface area contributed by atoms with Crippen LogP contribution in [0.25, 0.3) is 11.0 Å². The molecule has 0 radical (unpaired) electrons. The number of para-hydroxylation sites is 2. The van der Waals surface area contributed by atoms with Crippen molar-refractivity contribution in [3.8, 4) is 0 Å². The smallest absolute Gasteiger partial charge is 0.253 e. The number of hydrogen-bond donors (Lipinski definition) is 0. The van der Waals surface area contributed by atoms with Gasteiger partial charge in [0.1, 0.15) is 0 Å². The molecule has 1 fully saturated rings. The lowest BCUT2D eigenvalue weighted by atomic mass is 9.96. The van der Waals surface area contributed by atoms with Crippen LogP contribution in [0.4, 0.5) is 5.69 Å². The van der Waals surface area contributed by atoms with E-state index in [1.54, 1.807) is 0 Å². The number of benzene rings is 2. The van der Waals surface area contributed by atoms with Gasteiger partial charge in [-0.05, 0) is 49.1 Å². The molecule has 4 rings (SSSR count). The Balaban J connectivity index is 1.38. The maximum absolute atomic E-state index is 12.9. The van der Waals surface area contributed by atoms with E-state index in [9.17, 15) is 4.79 Å². The Hall–Kier alpha value is -2.82. The summed E-state index contributed by atoms with van der Waals surface area (Å²) in [5, 5.41) is 0. The highest BCUT2D eigenvalue weighted by atomic mass is 16.2. The minimum Gasteiger partial charge on any atom is -0.378 e. The van der Waals surface area contributed by atoms with Crippen molar-refractivity contribution in [3.05, 3.63) is 60.4 Å². The zero-order valence-corrected chi connectivity index (χ0v) is 16.0. The van der Waals surface area contributed by atoms with Gasteiger partial charge in [-0.25, -0.2) is 4.98 Å². The van der Waals surface area contributed by atoms with Gasteiger partial charge in [-0.1, -0.05) is 18.2 Å². The predicted molar refractivity (Wildman–Crippen MR) is 109 cm³/mol. The first-order chi connectivity index (χ1) is 13.1. The summed E-state index contributed by atoms with van der Waals surface area (Å²) < 4.78 is 2.25. The van der Waals surface area contributed by atoms with E-state index in [2.05, 4.69) is 27.8 Å². The lowest BCUT2D eigenvalue weighted by Crippen LogP contribution is -2.39. The van der Waals surface area contributed by atoms with Crippen LogP contribution in [0.15, 0.2) is 54.9 Å². The lowest BCUT2D eigenvalue weighted by molar-refractivity contribution is 0.0683. The minimum atomic E-state index is 0.144. The normalized spacial score (nSPS) is 15.3. The van der Waals surface area contributed by atoms with Crippen molar-refractivity contribution in [1.29, 1.82) is 0 Å². The van der Waals surface area contributed by atoms with Crippen molar-refractivity contribution >= 4 is 22.6 Å². The number of aromatic nitrogens is 2. The third-order valence-electron chi connectivity index (χ3n) is 5.49. The number of anilines is 1. The number of likely N-dealkylation sites (tertiary alicyclic amines) is 1. The molecule has 27 heavy (non-hydrogen) atoms. The number of fused-ring (bicyclic) bond motifs is 1. The molecule has 5 heteroatoms. The van der Waals surface area contributed by atoms with Crippen LogP contribution in [-0.2, 0) is 6.54 Å². The number of nitrogens with zero attached hydrogens (tertiary/aromatic N) is 4. The fourth-order valence-electron chi connectivity index (χ4n) is 3.85. The molecular formula is C22H26N4O. The Bertz CT molecular complexity index is 938. The third-order valence-corrected chi connectivity index (χ3v) is 5.49. The van der Waals surface area contributed by atoms with E-state index in [-0.39, 0.29) is 5.91 Å². The molecule has 2 aromatic carbocycles. The molecule has 5 nitrogen and oxygen atoms in total. The van der Waals surface area contributed by atoms with E-state index in [4.69, 9.17) is 0 Å². The quantitative estimate of drug-likeness (QED) is 0.711. The fourth-order valence-corrected chi connectivity index (χ4v) is 3.85. The van der Waals surface area contributed by atoms with Gasteiger partial charge < -0.3 is 14.4 Å². The van der Waals surface area contributed by atoms with Crippen LogP contribution in [-0.4, -0.2) is 47.5 Å². The van der Waals surface area contributed by atoms with Crippen LogP contribution in [0, 0.1) is 5.92 Å². The molecule has 140 valence electrons. The SMILES string of the molecule is CN(C)c1cccc(C(=O)N2CCC(Cn3cnc4ccccc43)CC2)c1. The molecule has 0 atom stereocenters. The highest BCUT2D eigenvalue weighted by Crippen LogP contribution is 2.23. The van der Waals surface area contributed by atoms with Crippen LogP contribution in [0.2, 0.25) is 0 Å². The van der Waals surface area contributed by atoms with Crippen LogP contribution < -0.4 is 4.90 Å². The van der Waals surface area contributed by atoms with Gasteiger partial charge in [0, 0.05) is 45.0 Å². The van der Waals surface area contributed by atoms with Crippen molar-refractivity contribution in [3.63, 3.8) is 0 Å². The molecule has 1 aliphatic heterocycles. The van der Waals surface area contributed by atoms with Gasteiger partial charge in [0.25, 0.3) is 5.91 Å². The average molecular weight is 362 g/mol. The number of amides is 1. The summed E-state index contributed by atoms with van der Waals surface area (Å²) >= 11 is 0. The topological polar surface area (TPSA) is 41.4 Å². The molecule has 1 aromatic heterocycles. The number of piperidine rings is 1. The number of imidazole rings is 1. The van der Waals surface area contributed by atoms with Crippen LogP contribution in [0.5, 0.6) is 0 Å². The van der Waals surface area contributed by atoms with Crippen molar-refractivity contribution < 1.29 is 4.79 Å². The molecule has 0 unspecified atom stereocenters. The molecule has 3 aromatic rings. The molecule has 0 saturated carbocycles. The maximum atomic E-state index is 12.9. The van der Waals surface area contributed by atoms with Gasteiger partial charge >= 0.3 is 0 Å². The minimum absolute atomic E-state index is 0.144. The van der Waals surface area contributed by atoms with Crippen molar-refractivity contribution in [2.24, 2.45) is 5.92 Å². The van der Waals surface area contributed by atoms with Crippen molar-refractivity contribution in [2.75, 3.05) is 32.1 Å². The molecule has 2 heterocycles. The Morgan fingerprint density at radius 3 is 2.67 bits per heavy atom. The standard InChI is InChI=1S/C22H26N4O/c1-24(2)19-7-5-6-18(14-19)22(27)25-12-10-17(11-13-25)15-26-16-23-20-8-3-4-9-21(20)26/h3-9,14,16-17H,10-13,15H2,1-2H3. The summed E-state index contributed by atoms with van der Waals surface area (Å²) in [6, 6.07) is 16.1. The van der Waals surface area contributed by atoms with E-state index in [0.29, 0.717) is 5.92 Å². The summed E-state index contributed by atoms with van der Waals surface area (Å²) in [4.78, 5) is 21.4. The van der Waals surface area contributed by atoms with E-state index in [1.807, 2.05) is 60.6 Å². The first-order valence-corrected chi connectivity index (χ1v) is 9.58. The summed E-state index contributed by atoms with van der Waals surface area (Å²) in [5.41, 5.74) is 4.07. The molecular weight excluding hydrogens is 336 g/mol. The zero-order chi connectivity index (χ0) is 18.8. The maximum Gasteiger partial charge on any atom is 0.253 e. The summed E-state index contributed by atoms with van der Waals surface area (Å²) in [6.07, 6.45) is 4.01. The van der Waals surface area contributed by atoms with Crippen molar-refractivity contribution in [2.45, 2.75) is 19.4 Å². The van der Waals surface area contributed by atoms with Gasteiger partial charge in [0.15, 0.2) is 0 Å². The van der Waals surface area contributed by atoms with Crippen LogP contribution in [0.1, 0.15) is 23.2 Å². The molecule has 1 aliphatic rings. The predicted octanol–water partition coefficient (Wildman–Crippen LogP) is 3.65. The Morgan fingerprint density at radius 2 is 1.89 bits per heavy atom. The van der Waals surface area contributed by atoms with Gasteiger partial charge in [-0.15, -0.1) is 0 Å². The van der Waals surface area contributed by atoms with E-state index >= 15 is 0 Å². The van der Waals surface area contributed by atoms with Crippen molar-refractivity contribution in [1.82, 2.24) is 14.5 Å². The van der Waals surface area contributed by atoms with Gasteiger partial charge in [-0.3, -0.25) is 4.79 Å². The summed E-state index contributed by atoms with van der Waals surface area (Å²) in [6.45, 7) is 2.61. The molecule has 0 aliphatic carbocycles. The summed E-state index contributed by atoms with van der Waals surface area (Å²) in [7, 11) is 3.99. The van der Waals surface area contributed by atoms with E-state index in [0.717, 1.165) is 49.2 Å². The van der Waals surface area contributed by atoms with Gasteiger partial charge in [-0.2, -0.15) is 0 Å². The van der Waals surface area contributed by atoms with Crippen LogP contribution >= 0.6 is 0 Å². The van der Waals surface area contributed by atoms with E-state index in [1.165, 1.54) is 5.52 Å². The second-order valence-corrected chi connectivity index (χ2v) is 7.57. The summed E-state index contributed by atoms with van der Waals surface area (Å²) in [5.74, 6) is 0.727. The average Bonchev–Trinajstić information content (AvgIpc) is 3.11. The third kappa shape index (κ3) is 3.68. The molecule has 0 spiro atoms. The Labute approximate surface area is 160 Å². The number of rotatable bonds is 4. The first kappa shape index (κ1) is 17.6. The Kier molecular flexibility index (Phi) is 4.84. The lowest BCUT2D eigenvalue weighted by Gasteiger charge is -2.32. The second-order valence-electron chi connectivity index (χ2n) is 7.57. The number of carbonyl (C=O) groups excluding carboxylic acids is 1. The highest BCUT2D eigenvalue weighted by Gasteiger charge is 2.24. The van der Waals surface area contributed by atoms with E-state index < -0.39 is 0 Å². The van der Waals surface area contributed by atoms with Crippen LogP contribution in [0.3, 0.4) is 0 Å². The molecule has 1 amide bonds. The Morgan fingerprint density at radius 1 is 1.11 bits per heavy atom. The second kappa shape index (κ2) is 7.43. The zero-order valence-electron chi connectivity index (χ0n) is 16.0. The fraction of sp³-hybridized carbons (Fsp3) is 0.364. The largest absolute Gasteiger partial charge is 0.378 e. The monoisotopic (exact) mass is 362 g/mol. The highest BCUT2D eigenvalue weighted by molar-refractivity contribution is 5.95. The van der Waals surface area contributed by atoms with Gasteiger partial charge in [0.2, 0.25) is 0 Å². The number of carbonyl (C=O) groups is 1. The van der Waals surface area contributed by atoms with Gasteiger partial charge in [0.05, 0.1) is 17.4 Å². The first-order valence-electron chi connectivity index (χ1n) is 9.58. The number of hydrogen-bond acceptors (Lipinski definition) is 3. The molecule has 0 bridgehead atoms. The molecule has 1 saturated heterocycles. The molecule has 0 N–H and O–H groups in total.